The smallest absolute Gasteiger partial charge is 0.317 e. The Hall–Kier alpha value is -3.15. The third kappa shape index (κ3) is 4.47. The summed E-state index contributed by atoms with van der Waals surface area (Å²) in [4.78, 5) is 37.4. The molecule has 6 heteroatoms. The molecule has 1 atom stereocenters. The SMILES string of the molecule is COC(=O)C(CC(=O)c1ccc(OC)cc1)C(=O)c1cccc(OC)c1. The highest BCUT2D eigenvalue weighted by molar-refractivity contribution is 6.12. The van der Waals surface area contributed by atoms with E-state index in [1.54, 1.807) is 42.5 Å². The minimum Gasteiger partial charge on any atom is -0.497 e. The Morgan fingerprint density at radius 2 is 1.50 bits per heavy atom. The fraction of sp³-hybridized carbons (Fsp3) is 0.250. The lowest BCUT2D eigenvalue weighted by Crippen LogP contribution is -2.28. The van der Waals surface area contributed by atoms with Gasteiger partial charge in [-0.15, -0.1) is 0 Å². The highest BCUT2D eigenvalue weighted by atomic mass is 16.5. The first kappa shape index (κ1) is 19.2. The second-order valence-corrected chi connectivity index (χ2v) is 5.53. The van der Waals surface area contributed by atoms with Gasteiger partial charge in [-0.25, -0.2) is 0 Å². The molecule has 6 nitrogen and oxygen atoms in total. The van der Waals surface area contributed by atoms with E-state index in [9.17, 15) is 14.4 Å². The van der Waals surface area contributed by atoms with Crippen LogP contribution < -0.4 is 9.47 Å². The lowest BCUT2D eigenvalue weighted by atomic mass is 9.91. The summed E-state index contributed by atoms with van der Waals surface area (Å²) in [6.45, 7) is 0. The largest absolute Gasteiger partial charge is 0.497 e. The summed E-state index contributed by atoms with van der Waals surface area (Å²) in [5.74, 6) is -1.70. The third-order valence-electron chi connectivity index (χ3n) is 3.96. The van der Waals surface area contributed by atoms with Crippen LogP contribution in [0, 0.1) is 5.92 Å². The molecule has 0 aliphatic carbocycles. The third-order valence-corrected chi connectivity index (χ3v) is 3.96. The standard InChI is InChI=1S/C20H20O6/c1-24-15-9-7-13(8-10-15)18(21)12-17(20(23)26-3)19(22)14-5-4-6-16(11-14)25-2/h4-11,17H,12H2,1-3H3. The Balaban J connectivity index is 2.24. The fourth-order valence-corrected chi connectivity index (χ4v) is 2.48. The minimum absolute atomic E-state index is 0.280. The topological polar surface area (TPSA) is 78.9 Å². The summed E-state index contributed by atoms with van der Waals surface area (Å²) in [5.41, 5.74) is 0.667. The van der Waals surface area contributed by atoms with Crippen LogP contribution in [0.1, 0.15) is 27.1 Å². The maximum atomic E-state index is 12.8. The van der Waals surface area contributed by atoms with Gasteiger partial charge in [-0.2, -0.15) is 0 Å². The zero-order valence-corrected chi connectivity index (χ0v) is 14.9. The number of ketones is 2. The van der Waals surface area contributed by atoms with Gasteiger partial charge in [0.2, 0.25) is 0 Å². The Bertz CT molecular complexity index is 794. The van der Waals surface area contributed by atoms with Crippen LogP contribution in [0.4, 0.5) is 0 Å². The normalized spacial score (nSPS) is 11.3. The van der Waals surface area contributed by atoms with Crippen molar-refractivity contribution in [1.29, 1.82) is 0 Å². The first-order valence-electron chi connectivity index (χ1n) is 7.93. The number of rotatable bonds is 8. The molecule has 0 aliphatic heterocycles. The van der Waals surface area contributed by atoms with Crippen LogP contribution in [0.15, 0.2) is 48.5 Å². The maximum Gasteiger partial charge on any atom is 0.317 e. The molecular weight excluding hydrogens is 336 g/mol. The highest BCUT2D eigenvalue weighted by Crippen LogP contribution is 2.21. The Morgan fingerprint density at radius 1 is 0.846 bits per heavy atom. The number of hydrogen-bond donors (Lipinski definition) is 0. The molecule has 0 radical (unpaired) electrons. The van der Waals surface area contributed by atoms with Crippen LogP contribution in [0.25, 0.3) is 0 Å². The fourth-order valence-electron chi connectivity index (χ4n) is 2.48. The average molecular weight is 356 g/mol. The van der Waals surface area contributed by atoms with Crippen molar-refractivity contribution in [2.75, 3.05) is 21.3 Å². The predicted octanol–water partition coefficient (Wildman–Crippen LogP) is 2.95. The summed E-state index contributed by atoms with van der Waals surface area (Å²) in [6, 6.07) is 12.9. The van der Waals surface area contributed by atoms with Crippen molar-refractivity contribution < 1.29 is 28.6 Å². The number of methoxy groups -OCH3 is 3. The lowest BCUT2D eigenvalue weighted by Gasteiger charge is -2.14. The number of carbonyl (C=O) groups is 3. The van der Waals surface area contributed by atoms with E-state index >= 15 is 0 Å². The quantitative estimate of drug-likeness (QED) is 0.411. The summed E-state index contributed by atoms with van der Waals surface area (Å²) in [5, 5.41) is 0. The first-order chi connectivity index (χ1) is 12.5. The van der Waals surface area contributed by atoms with E-state index in [0.717, 1.165) is 0 Å². The molecule has 0 amide bonds. The van der Waals surface area contributed by atoms with E-state index in [1.807, 2.05) is 0 Å². The zero-order chi connectivity index (χ0) is 19.1. The molecule has 0 heterocycles. The molecule has 2 aromatic carbocycles. The average Bonchev–Trinajstić information content (AvgIpc) is 2.70. The van der Waals surface area contributed by atoms with Gasteiger partial charge in [0.1, 0.15) is 17.4 Å². The molecule has 0 aromatic heterocycles. The Kier molecular flexibility index (Phi) is 6.49. The molecule has 0 bridgehead atoms. The molecule has 2 aromatic rings. The molecule has 0 fully saturated rings. The zero-order valence-electron chi connectivity index (χ0n) is 14.9. The molecule has 0 N–H and O–H groups in total. The van der Waals surface area contributed by atoms with E-state index in [0.29, 0.717) is 17.1 Å². The van der Waals surface area contributed by atoms with Crippen molar-refractivity contribution in [3.63, 3.8) is 0 Å². The van der Waals surface area contributed by atoms with Crippen molar-refractivity contribution in [2.24, 2.45) is 5.92 Å². The predicted molar refractivity (Wildman–Crippen MR) is 94.8 cm³/mol. The van der Waals surface area contributed by atoms with E-state index in [4.69, 9.17) is 14.2 Å². The van der Waals surface area contributed by atoms with E-state index in [-0.39, 0.29) is 17.8 Å². The molecule has 26 heavy (non-hydrogen) atoms. The number of carbonyl (C=O) groups excluding carboxylic acids is 3. The molecule has 1 unspecified atom stereocenters. The van der Waals surface area contributed by atoms with Gasteiger partial charge < -0.3 is 14.2 Å². The number of Topliss-reactive ketones (excluding diaryl/α,β-unsaturated/α-hetero) is 2. The minimum atomic E-state index is -1.22. The van der Waals surface area contributed by atoms with Crippen LogP contribution in [0.3, 0.4) is 0 Å². The van der Waals surface area contributed by atoms with Crippen molar-refractivity contribution in [1.82, 2.24) is 0 Å². The van der Waals surface area contributed by atoms with Crippen LogP contribution in [-0.2, 0) is 9.53 Å². The van der Waals surface area contributed by atoms with Crippen molar-refractivity contribution in [2.45, 2.75) is 6.42 Å². The molecule has 0 saturated carbocycles. The van der Waals surface area contributed by atoms with Gasteiger partial charge in [0.15, 0.2) is 11.6 Å². The van der Waals surface area contributed by atoms with E-state index in [1.165, 1.54) is 27.4 Å². The monoisotopic (exact) mass is 356 g/mol. The molecule has 136 valence electrons. The first-order valence-corrected chi connectivity index (χ1v) is 7.93. The lowest BCUT2D eigenvalue weighted by molar-refractivity contribution is -0.143. The second kappa shape index (κ2) is 8.80. The van der Waals surface area contributed by atoms with E-state index in [2.05, 4.69) is 0 Å². The van der Waals surface area contributed by atoms with Crippen molar-refractivity contribution in [3.8, 4) is 11.5 Å². The van der Waals surface area contributed by atoms with Gasteiger partial charge in [-0.3, -0.25) is 14.4 Å². The molecule has 0 aliphatic rings. The van der Waals surface area contributed by atoms with E-state index < -0.39 is 17.7 Å². The Labute approximate surface area is 151 Å². The van der Waals surface area contributed by atoms with Crippen LogP contribution in [-0.4, -0.2) is 38.9 Å². The van der Waals surface area contributed by atoms with Crippen molar-refractivity contribution in [3.05, 3.63) is 59.7 Å². The van der Waals surface area contributed by atoms with Crippen molar-refractivity contribution >= 4 is 17.5 Å². The summed E-state index contributed by atoms with van der Waals surface area (Å²) in [7, 11) is 4.19. The summed E-state index contributed by atoms with van der Waals surface area (Å²) in [6.07, 6.45) is -0.283. The number of hydrogen-bond acceptors (Lipinski definition) is 6. The van der Waals surface area contributed by atoms with Gasteiger partial charge >= 0.3 is 5.97 Å². The van der Waals surface area contributed by atoms with Gasteiger partial charge in [-0.1, -0.05) is 12.1 Å². The number of ether oxygens (including phenoxy) is 3. The molecule has 0 spiro atoms. The summed E-state index contributed by atoms with van der Waals surface area (Å²) < 4.78 is 14.9. The van der Waals surface area contributed by atoms with Crippen LogP contribution >= 0.6 is 0 Å². The molecular formula is C20H20O6. The van der Waals surface area contributed by atoms with Gasteiger partial charge in [0.05, 0.1) is 21.3 Å². The number of benzene rings is 2. The number of esters is 1. The van der Waals surface area contributed by atoms with Crippen LogP contribution in [0.5, 0.6) is 11.5 Å². The molecule has 0 saturated heterocycles. The molecule has 2 rings (SSSR count). The van der Waals surface area contributed by atoms with Crippen LogP contribution in [0.2, 0.25) is 0 Å². The Morgan fingerprint density at radius 3 is 2.08 bits per heavy atom. The summed E-state index contributed by atoms with van der Waals surface area (Å²) >= 11 is 0. The van der Waals surface area contributed by atoms with Gasteiger partial charge in [0, 0.05) is 17.5 Å². The maximum absolute atomic E-state index is 12.8. The highest BCUT2D eigenvalue weighted by Gasteiger charge is 2.31. The van der Waals surface area contributed by atoms with Gasteiger partial charge in [-0.05, 0) is 36.4 Å². The van der Waals surface area contributed by atoms with Gasteiger partial charge in [0.25, 0.3) is 0 Å². The second-order valence-electron chi connectivity index (χ2n) is 5.53.